The molecule has 0 amide bonds. The summed E-state index contributed by atoms with van der Waals surface area (Å²) in [5, 5.41) is 20.9. The molecule has 0 bridgehead atoms. The quantitative estimate of drug-likeness (QED) is 0.797. The van der Waals surface area contributed by atoms with Crippen LogP contribution >= 0.6 is 0 Å². The molecule has 2 rings (SSSR count). The minimum atomic E-state index is -0.859. The molecule has 114 valence electrons. The second-order valence-corrected chi connectivity index (χ2v) is 8.00. The van der Waals surface area contributed by atoms with Crippen molar-refractivity contribution in [2.45, 2.75) is 77.9 Å². The second-order valence-electron chi connectivity index (χ2n) is 8.00. The third-order valence-electron chi connectivity index (χ3n) is 5.71. The lowest BCUT2D eigenvalue weighted by molar-refractivity contribution is -0.160. The Balaban J connectivity index is 2.15. The van der Waals surface area contributed by atoms with Gasteiger partial charge in [-0.2, -0.15) is 5.26 Å². The lowest BCUT2D eigenvalue weighted by Crippen LogP contribution is -2.54. The minimum Gasteiger partial charge on any atom is -0.388 e. The molecule has 1 N–H and O–H groups in total. The predicted molar refractivity (Wildman–Crippen MR) is 79.1 cm³/mol. The number of nitrogens with zero attached hydrogens (tertiary/aromatic N) is 1. The Morgan fingerprint density at radius 1 is 1.20 bits per heavy atom. The SMILES string of the molecule is CC1CC(O)(C2(C#N)CCC(C(C)(C)C)CC2)CCO1. The van der Waals surface area contributed by atoms with E-state index in [-0.39, 0.29) is 6.10 Å². The van der Waals surface area contributed by atoms with Gasteiger partial charge in [0.25, 0.3) is 0 Å². The molecule has 1 aliphatic heterocycles. The molecule has 2 aliphatic rings. The summed E-state index contributed by atoms with van der Waals surface area (Å²) < 4.78 is 5.56. The fourth-order valence-corrected chi connectivity index (χ4v) is 4.16. The largest absolute Gasteiger partial charge is 0.388 e. The molecule has 1 heterocycles. The highest BCUT2D eigenvalue weighted by Crippen LogP contribution is 2.53. The van der Waals surface area contributed by atoms with Crippen LogP contribution in [0.5, 0.6) is 0 Å². The molecule has 0 aromatic carbocycles. The third kappa shape index (κ3) is 2.73. The van der Waals surface area contributed by atoms with E-state index in [1.165, 1.54) is 0 Å². The summed E-state index contributed by atoms with van der Waals surface area (Å²) in [4.78, 5) is 0. The fraction of sp³-hybridized carbons (Fsp3) is 0.941. The number of hydrogen-bond acceptors (Lipinski definition) is 3. The maximum Gasteiger partial charge on any atom is 0.0879 e. The van der Waals surface area contributed by atoms with Crippen molar-refractivity contribution in [1.82, 2.24) is 0 Å². The van der Waals surface area contributed by atoms with Crippen LogP contribution in [0.1, 0.15) is 66.2 Å². The van der Waals surface area contributed by atoms with Gasteiger partial charge in [0, 0.05) is 19.4 Å². The average Bonchev–Trinajstić information content (AvgIpc) is 2.37. The first-order chi connectivity index (χ1) is 9.22. The normalized spacial score (nSPS) is 43.0. The fourth-order valence-electron chi connectivity index (χ4n) is 4.16. The first kappa shape index (κ1) is 15.8. The zero-order chi connectivity index (χ0) is 15.0. The topological polar surface area (TPSA) is 53.2 Å². The molecule has 2 atom stereocenters. The van der Waals surface area contributed by atoms with Crippen LogP contribution in [0.25, 0.3) is 0 Å². The molecule has 20 heavy (non-hydrogen) atoms. The molecule has 2 unspecified atom stereocenters. The van der Waals surface area contributed by atoms with E-state index in [1.54, 1.807) is 0 Å². The molecule has 2 fully saturated rings. The van der Waals surface area contributed by atoms with Crippen molar-refractivity contribution in [3.8, 4) is 6.07 Å². The summed E-state index contributed by atoms with van der Waals surface area (Å²) in [6, 6.07) is 2.51. The van der Waals surface area contributed by atoms with E-state index in [1.807, 2.05) is 6.92 Å². The predicted octanol–water partition coefficient (Wildman–Crippen LogP) is 3.66. The van der Waals surface area contributed by atoms with Crippen LogP contribution in [0.4, 0.5) is 0 Å². The van der Waals surface area contributed by atoms with Gasteiger partial charge in [-0.05, 0) is 43.9 Å². The van der Waals surface area contributed by atoms with Crippen molar-refractivity contribution < 1.29 is 9.84 Å². The Morgan fingerprint density at radius 2 is 1.80 bits per heavy atom. The van der Waals surface area contributed by atoms with Gasteiger partial charge in [0.15, 0.2) is 0 Å². The van der Waals surface area contributed by atoms with E-state index in [0.717, 1.165) is 25.7 Å². The first-order valence-corrected chi connectivity index (χ1v) is 7.98. The summed E-state index contributed by atoms with van der Waals surface area (Å²) in [7, 11) is 0. The Kier molecular flexibility index (Phi) is 4.19. The van der Waals surface area contributed by atoms with Crippen molar-refractivity contribution in [1.29, 1.82) is 5.26 Å². The van der Waals surface area contributed by atoms with Gasteiger partial charge in [0.2, 0.25) is 0 Å². The molecule has 0 radical (unpaired) electrons. The van der Waals surface area contributed by atoms with Crippen molar-refractivity contribution in [3.05, 3.63) is 0 Å². The number of rotatable bonds is 1. The number of nitriles is 1. The molecular weight excluding hydrogens is 250 g/mol. The molecule has 3 heteroatoms. The second kappa shape index (κ2) is 5.31. The summed E-state index contributed by atoms with van der Waals surface area (Å²) >= 11 is 0. The van der Waals surface area contributed by atoms with Gasteiger partial charge < -0.3 is 9.84 Å². The summed E-state index contributed by atoms with van der Waals surface area (Å²) in [6.07, 6.45) is 5.01. The Bertz CT molecular complexity index is 385. The average molecular weight is 279 g/mol. The van der Waals surface area contributed by atoms with E-state index in [2.05, 4.69) is 26.8 Å². The van der Waals surface area contributed by atoms with Crippen molar-refractivity contribution >= 4 is 0 Å². The van der Waals surface area contributed by atoms with Gasteiger partial charge in [0.05, 0.1) is 23.2 Å². The van der Waals surface area contributed by atoms with E-state index in [4.69, 9.17) is 4.74 Å². The first-order valence-electron chi connectivity index (χ1n) is 7.98. The molecule has 0 spiro atoms. The van der Waals surface area contributed by atoms with E-state index in [0.29, 0.717) is 30.8 Å². The van der Waals surface area contributed by atoms with E-state index >= 15 is 0 Å². The van der Waals surface area contributed by atoms with Crippen LogP contribution in [-0.2, 0) is 4.74 Å². The number of aliphatic hydroxyl groups is 1. The van der Waals surface area contributed by atoms with Gasteiger partial charge in [-0.25, -0.2) is 0 Å². The van der Waals surface area contributed by atoms with Crippen LogP contribution < -0.4 is 0 Å². The lowest BCUT2D eigenvalue weighted by Gasteiger charge is -2.51. The molecule has 0 aromatic heterocycles. The Labute approximate surface area is 123 Å². The molecule has 1 saturated carbocycles. The van der Waals surface area contributed by atoms with Gasteiger partial charge in [-0.1, -0.05) is 20.8 Å². The van der Waals surface area contributed by atoms with Crippen molar-refractivity contribution in [2.24, 2.45) is 16.7 Å². The zero-order valence-electron chi connectivity index (χ0n) is 13.4. The molecule has 0 aromatic rings. The number of ether oxygens (including phenoxy) is 1. The van der Waals surface area contributed by atoms with Gasteiger partial charge in [0.1, 0.15) is 0 Å². The standard InChI is InChI=1S/C17H29NO2/c1-13-11-17(19,9-10-20-13)16(12-18)7-5-14(6-8-16)15(2,3)4/h13-14,19H,5-11H2,1-4H3. The van der Waals surface area contributed by atoms with Crippen LogP contribution in [0.15, 0.2) is 0 Å². The van der Waals surface area contributed by atoms with Gasteiger partial charge in [-0.15, -0.1) is 0 Å². The zero-order valence-corrected chi connectivity index (χ0v) is 13.4. The van der Waals surface area contributed by atoms with Crippen LogP contribution in [-0.4, -0.2) is 23.4 Å². The molecule has 3 nitrogen and oxygen atoms in total. The smallest absolute Gasteiger partial charge is 0.0879 e. The molecule has 1 saturated heterocycles. The summed E-state index contributed by atoms with van der Waals surface area (Å²) in [5.41, 5.74) is -1.12. The Hall–Kier alpha value is -0.590. The third-order valence-corrected chi connectivity index (χ3v) is 5.71. The Morgan fingerprint density at radius 3 is 2.25 bits per heavy atom. The minimum absolute atomic E-state index is 0.0549. The van der Waals surface area contributed by atoms with Crippen molar-refractivity contribution in [2.75, 3.05) is 6.61 Å². The lowest BCUT2D eigenvalue weighted by atomic mass is 9.56. The number of hydrogen-bond donors (Lipinski definition) is 1. The summed E-state index contributed by atoms with van der Waals surface area (Å²) in [5.74, 6) is 0.657. The van der Waals surface area contributed by atoms with E-state index in [9.17, 15) is 10.4 Å². The van der Waals surface area contributed by atoms with Crippen LogP contribution in [0, 0.1) is 28.1 Å². The van der Waals surface area contributed by atoms with Crippen LogP contribution in [0.3, 0.4) is 0 Å². The summed E-state index contributed by atoms with van der Waals surface area (Å²) in [6.45, 7) is 9.41. The highest BCUT2D eigenvalue weighted by atomic mass is 16.5. The maximum atomic E-state index is 11.1. The van der Waals surface area contributed by atoms with Crippen molar-refractivity contribution in [3.63, 3.8) is 0 Å². The van der Waals surface area contributed by atoms with Gasteiger partial charge >= 0.3 is 0 Å². The van der Waals surface area contributed by atoms with Crippen LogP contribution in [0.2, 0.25) is 0 Å². The molecular formula is C17H29NO2. The molecule has 1 aliphatic carbocycles. The monoisotopic (exact) mass is 279 g/mol. The maximum absolute atomic E-state index is 11.1. The van der Waals surface area contributed by atoms with E-state index < -0.39 is 11.0 Å². The van der Waals surface area contributed by atoms with Gasteiger partial charge in [-0.3, -0.25) is 0 Å². The highest BCUT2D eigenvalue weighted by molar-refractivity contribution is 5.14. The highest BCUT2D eigenvalue weighted by Gasteiger charge is 2.54.